The smallest absolute Gasteiger partial charge is 0.336 e. The van der Waals surface area contributed by atoms with E-state index < -0.39 is 17.8 Å². The van der Waals surface area contributed by atoms with E-state index in [1.165, 1.54) is 12.1 Å². The summed E-state index contributed by atoms with van der Waals surface area (Å²) in [6.07, 6.45) is 1.45. The number of barbiturate groups is 1. The van der Waals surface area contributed by atoms with Crippen LogP contribution in [0.2, 0.25) is 5.02 Å². The Morgan fingerprint density at radius 1 is 0.923 bits per heavy atom. The van der Waals surface area contributed by atoms with Gasteiger partial charge in [0, 0.05) is 16.7 Å². The van der Waals surface area contributed by atoms with Gasteiger partial charge in [0.25, 0.3) is 11.8 Å². The maximum Gasteiger partial charge on any atom is 0.336 e. The van der Waals surface area contributed by atoms with Crippen molar-refractivity contribution in [3.8, 4) is 17.2 Å². The Labute approximate surface area is 257 Å². The number of amides is 4. The van der Waals surface area contributed by atoms with Gasteiger partial charge in [0.2, 0.25) is 0 Å². The zero-order valence-electron chi connectivity index (χ0n) is 20.9. The Kier molecular flexibility index (Phi) is 9.72. The molecule has 0 radical (unpaired) electrons. The topological polar surface area (TPSA) is 94.2 Å². The first-order chi connectivity index (χ1) is 18.7. The first kappa shape index (κ1) is 29.2. The van der Waals surface area contributed by atoms with E-state index in [2.05, 4.69) is 50.5 Å². The fourth-order valence-corrected chi connectivity index (χ4v) is 6.13. The van der Waals surface area contributed by atoms with Gasteiger partial charge in [-0.1, -0.05) is 29.8 Å². The Morgan fingerprint density at radius 2 is 1.62 bits per heavy atom. The van der Waals surface area contributed by atoms with Crippen LogP contribution in [0.15, 0.2) is 60.2 Å². The molecule has 39 heavy (non-hydrogen) atoms. The molecule has 3 aromatic carbocycles. The number of ether oxygens (including phenoxy) is 3. The molecule has 1 fully saturated rings. The summed E-state index contributed by atoms with van der Waals surface area (Å²) >= 11 is 10.5. The maximum atomic E-state index is 13.5. The van der Waals surface area contributed by atoms with E-state index in [1.54, 1.807) is 37.3 Å². The van der Waals surface area contributed by atoms with Crippen molar-refractivity contribution in [3.05, 3.63) is 83.5 Å². The Morgan fingerprint density at radius 3 is 2.28 bits per heavy atom. The molecule has 0 aliphatic carbocycles. The minimum absolute atomic E-state index is 0.177. The van der Waals surface area contributed by atoms with E-state index in [4.69, 9.17) is 25.8 Å². The molecule has 0 atom stereocenters. The molecule has 3 aromatic rings. The highest BCUT2D eigenvalue weighted by Gasteiger charge is 2.38. The number of rotatable bonds is 9. The molecule has 0 unspecified atom stereocenters. The fraction of sp³-hybridized carbons (Fsp3) is 0.179. The van der Waals surface area contributed by atoms with Crippen LogP contribution >= 0.6 is 56.8 Å². The molecule has 4 amide bonds. The lowest BCUT2D eigenvalue weighted by molar-refractivity contribution is -0.122. The second-order valence-electron chi connectivity index (χ2n) is 8.15. The van der Waals surface area contributed by atoms with Gasteiger partial charge in [-0.05, 0) is 101 Å². The van der Waals surface area contributed by atoms with Gasteiger partial charge >= 0.3 is 6.03 Å². The van der Waals surface area contributed by atoms with E-state index in [9.17, 15) is 14.4 Å². The van der Waals surface area contributed by atoms with Crippen LogP contribution in [0.1, 0.15) is 25.0 Å². The fourth-order valence-electron chi connectivity index (χ4n) is 3.81. The maximum absolute atomic E-state index is 13.5. The minimum atomic E-state index is -0.871. The van der Waals surface area contributed by atoms with Gasteiger partial charge in [0.1, 0.15) is 29.4 Å². The number of nitrogens with zero attached hydrogens (tertiary/aromatic N) is 1. The van der Waals surface area contributed by atoms with Crippen molar-refractivity contribution in [3.63, 3.8) is 0 Å². The summed E-state index contributed by atoms with van der Waals surface area (Å²) in [6.45, 7) is 4.61. The normalized spacial score (nSPS) is 14.4. The number of hydrogen-bond donors (Lipinski definition) is 1. The van der Waals surface area contributed by atoms with E-state index in [0.717, 1.165) is 17.6 Å². The molecular formula is C28H23ClI2N2O6. The zero-order valence-corrected chi connectivity index (χ0v) is 26.0. The van der Waals surface area contributed by atoms with Gasteiger partial charge < -0.3 is 14.2 Å². The summed E-state index contributed by atoms with van der Waals surface area (Å²) < 4.78 is 18.8. The van der Waals surface area contributed by atoms with Crippen LogP contribution in [0, 0.1) is 7.14 Å². The molecule has 1 aliphatic rings. The molecule has 11 heteroatoms. The third kappa shape index (κ3) is 6.67. The lowest BCUT2D eigenvalue weighted by atomic mass is 10.1. The molecule has 202 valence electrons. The quantitative estimate of drug-likeness (QED) is 0.150. The SMILES string of the molecule is CCOc1ccc(OCC)c(N2C(=O)NC(=O)/C(=C\c3cc(I)c(OCc4ccccc4Cl)c(I)c3)C2=O)c1. The summed E-state index contributed by atoms with van der Waals surface area (Å²) in [5.74, 6) is -0.145. The number of imide groups is 2. The Hall–Kier alpha value is -2.84. The molecule has 1 N–H and O–H groups in total. The molecule has 4 rings (SSSR count). The predicted octanol–water partition coefficient (Wildman–Crippen LogP) is 6.59. The average Bonchev–Trinajstić information content (AvgIpc) is 2.88. The second kappa shape index (κ2) is 13.0. The summed E-state index contributed by atoms with van der Waals surface area (Å²) in [5.41, 5.74) is 1.42. The number of anilines is 1. The molecule has 8 nitrogen and oxygen atoms in total. The molecule has 0 bridgehead atoms. The monoisotopic (exact) mass is 772 g/mol. The Balaban J connectivity index is 1.66. The van der Waals surface area contributed by atoms with Crippen LogP contribution in [0.3, 0.4) is 0 Å². The highest BCUT2D eigenvalue weighted by Crippen LogP contribution is 2.36. The van der Waals surface area contributed by atoms with Crippen LogP contribution in [0.4, 0.5) is 10.5 Å². The van der Waals surface area contributed by atoms with Crippen molar-refractivity contribution < 1.29 is 28.6 Å². The van der Waals surface area contributed by atoms with Gasteiger partial charge in [-0.3, -0.25) is 14.9 Å². The number of nitrogens with one attached hydrogen (secondary N) is 1. The number of carbonyl (C=O) groups is 3. The number of halogens is 3. The van der Waals surface area contributed by atoms with E-state index >= 15 is 0 Å². The standard InChI is InChI=1S/C28H23ClI2N2O6/c1-3-37-18-9-10-24(38-4-2)23(14-18)33-27(35)19(26(34)32-28(33)36)11-16-12-21(30)25(22(31)13-16)39-15-17-7-5-6-8-20(17)29/h5-14H,3-4,15H2,1-2H3,(H,32,34,36)/b19-11+. The van der Waals surface area contributed by atoms with E-state index in [1.807, 2.05) is 25.1 Å². The van der Waals surface area contributed by atoms with Gasteiger partial charge in [0.15, 0.2) is 0 Å². The van der Waals surface area contributed by atoms with Gasteiger partial charge in [-0.25, -0.2) is 9.69 Å². The lowest BCUT2D eigenvalue weighted by Gasteiger charge is -2.28. The lowest BCUT2D eigenvalue weighted by Crippen LogP contribution is -2.54. The molecule has 1 heterocycles. The van der Waals surface area contributed by atoms with Crippen LogP contribution in [0.25, 0.3) is 6.08 Å². The first-order valence-corrected chi connectivity index (χ1v) is 14.4. The Bertz CT molecular complexity index is 1450. The highest BCUT2D eigenvalue weighted by molar-refractivity contribution is 14.1. The van der Waals surface area contributed by atoms with Crippen LogP contribution in [0.5, 0.6) is 17.2 Å². The van der Waals surface area contributed by atoms with E-state index in [0.29, 0.717) is 41.0 Å². The third-order valence-corrected chi connectivity index (χ3v) is 7.52. The van der Waals surface area contributed by atoms with Crippen LogP contribution in [-0.4, -0.2) is 31.1 Å². The largest absolute Gasteiger partial charge is 0.494 e. The van der Waals surface area contributed by atoms with Crippen molar-refractivity contribution in [2.45, 2.75) is 20.5 Å². The summed E-state index contributed by atoms with van der Waals surface area (Å²) in [6, 6.07) is 15.0. The molecule has 0 aromatic heterocycles. The summed E-state index contributed by atoms with van der Waals surface area (Å²) in [4.78, 5) is 40.0. The molecule has 1 saturated heterocycles. The molecule has 1 aliphatic heterocycles. The van der Waals surface area contributed by atoms with Crippen molar-refractivity contribution >= 4 is 86.4 Å². The molecule has 0 spiro atoms. The number of carbonyl (C=O) groups excluding carboxylic acids is 3. The number of hydrogen-bond acceptors (Lipinski definition) is 6. The van der Waals surface area contributed by atoms with Gasteiger partial charge in [-0.2, -0.15) is 0 Å². The number of urea groups is 1. The molecular weight excluding hydrogens is 750 g/mol. The summed E-state index contributed by atoms with van der Waals surface area (Å²) in [7, 11) is 0. The zero-order chi connectivity index (χ0) is 28.1. The van der Waals surface area contributed by atoms with Crippen molar-refractivity contribution in [2.24, 2.45) is 0 Å². The summed E-state index contributed by atoms with van der Waals surface area (Å²) in [5, 5.41) is 2.87. The van der Waals surface area contributed by atoms with Crippen LogP contribution < -0.4 is 24.4 Å². The highest BCUT2D eigenvalue weighted by atomic mass is 127. The van der Waals surface area contributed by atoms with Crippen LogP contribution in [-0.2, 0) is 16.2 Å². The van der Waals surface area contributed by atoms with Gasteiger partial charge in [-0.15, -0.1) is 0 Å². The van der Waals surface area contributed by atoms with E-state index in [-0.39, 0.29) is 17.9 Å². The average molecular weight is 773 g/mol. The van der Waals surface area contributed by atoms with Crippen molar-refractivity contribution in [2.75, 3.05) is 18.1 Å². The van der Waals surface area contributed by atoms with Crippen molar-refractivity contribution in [1.82, 2.24) is 5.32 Å². The van der Waals surface area contributed by atoms with Crippen molar-refractivity contribution in [1.29, 1.82) is 0 Å². The molecule has 0 saturated carbocycles. The first-order valence-electron chi connectivity index (χ1n) is 11.9. The predicted molar refractivity (Wildman–Crippen MR) is 165 cm³/mol. The minimum Gasteiger partial charge on any atom is -0.494 e. The third-order valence-electron chi connectivity index (χ3n) is 5.55. The number of benzene rings is 3. The van der Waals surface area contributed by atoms with Gasteiger partial charge in [0.05, 0.1) is 26.0 Å². The second-order valence-corrected chi connectivity index (χ2v) is 10.9.